The van der Waals surface area contributed by atoms with E-state index in [1.807, 2.05) is 30.3 Å². The van der Waals surface area contributed by atoms with Gasteiger partial charge in [-0.3, -0.25) is 9.59 Å². The zero-order valence-corrected chi connectivity index (χ0v) is 16.6. The van der Waals surface area contributed by atoms with Gasteiger partial charge in [0.2, 0.25) is 11.8 Å². The van der Waals surface area contributed by atoms with Crippen LogP contribution in [0.15, 0.2) is 64.8 Å². The average molecular weight is 394 g/mol. The molecule has 3 rings (SSSR count). The maximum Gasteiger partial charge on any atom is 0.240 e. The van der Waals surface area contributed by atoms with Gasteiger partial charge in [0.1, 0.15) is 5.25 Å². The number of hydrogen-bond donors (Lipinski definition) is 2. The highest BCUT2D eigenvalue weighted by Gasteiger charge is 2.32. The lowest BCUT2D eigenvalue weighted by molar-refractivity contribution is -0.122. The third kappa shape index (κ3) is 5.53. The Bertz CT molecular complexity index is 892. The zero-order valence-electron chi connectivity index (χ0n) is 15.8. The second-order valence-corrected chi connectivity index (χ2v) is 7.88. The van der Waals surface area contributed by atoms with Gasteiger partial charge in [-0.1, -0.05) is 68.1 Å². The van der Waals surface area contributed by atoms with Crippen LogP contribution in [0, 0.1) is 0 Å². The molecule has 28 heavy (non-hydrogen) atoms. The molecule has 0 aromatic heterocycles. The first-order valence-corrected chi connectivity index (χ1v) is 9.92. The zero-order chi connectivity index (χ0) is 19.9. The van der Waals surface area contributed by atoms with Crippen LogP contribution in [0.2, 0.25) is 0 Å². The second kappa shape index (κ2) is 9.32. The lowest BCUT2D eigenvalue weighted by atomic mass is 10.0. The molecule has 0 aliphatic carbocycles. The number of hydrogen-bond acceptors (Lipinski definition) is 5. The number of nitrogens with one attached hydrogen (secondary N) is 2. The molecule has 0 spiro atoms. The minimum Gasteiger partial charge on any atom is -0.326 e. The van der Waals surface area contributed by atoms with Crippen LogP contribution in [0.25, 0.3) is 0 Å². The Hall–Kier alpha value is -2.93. The van der Waals surface area contributed by atoms with Crippen molar-refractivity contribution in [1.82, 2.24) is 5.32 Å². The Balaban J connectivity index is 1.53. The number of para-hydroxylation sites is 1. The lowest BCUT2D eigenvalue weighted by Crippen LogP contribution is -2.28. The monoisotopic (exact) mass is 394 g/mol. The van der Waals surface area contributed by atoms with Crippen LogP contribution < -0.4 is 10.6 Å². The summed E-state index contributed by atoms with van der Waals surface area (Å²) in [7, 11) is 0. The molecule has 7 heteroatoms. The average Bonchev–Trinajstić information content (AvgIpc) is 3.02. The van der Waals surface area contributed by atoms with E-state index in [2.05, 4.69) is 46.8 Å². The Labute approximate surface area is 168 Å². The molecule has 1 heterocycles. The standard InChI is InChI=1S/C21H22N4O2S/c1-14(2)16-10-8-15(9-11-16)13-22-25-21-24-20(27)18(28-21)12-19(26)23-17-6-4-3-5-7-17/h3-11,13-14,18H,12H2,1-2H3,(H,23,26)(H,24,25,27)/b22-13-/t18-/m0/s1. The van der Waals surface area contributed by atoms with Gasteiger partial charge in [-0.2, -0.15) is 5.10 Å². The van der Waals surface area contributed by atoms with Crippen molar-refractivity contribution in [3.8, 4) is 0 Å². The molecule has 144 valence electrons. The lowest BCUT2D eigenvalue weighted by Gasteiger charge is -2.06. The molecule has 2 amide bonds. The van der Waals surface area contributed by atoms with Crippen molar-refractivity contribution in [2.75, 3.05) is 5.32 Å². The van der Waals surface area contributed by atoms with Crippen molar-refractivity contribution in [1.29, 1.82) is 0 Å². The number of nitrogens with zero attached hydrogens (tertiary/aromatic N) is 2. The smallest absolute Gasteiger partial charge is 0.240 e. The first kappa shape index (κ1) is 19.8. The van der Waals surface area contributed by atoms with Gasteiger partial charge in [0.15, 0.2) is 5.17 Å². The van der Waals surface area contributed by atoms with E-state index in [0.717, 1.165) is 5.56 Å². The van der Waals surface area contributed by atoms with Crippen LogP contribution >= 0.6 is 11.8 Å². The normalized spacial score (nSPS) is 18.0. The number of anilines is 1. The molecule has 0 unspecified atom stereocenters. The molecule has 1 saturated heterocycles. The summed E-state index contributed by atoms with van der Waals surface area (Å²) in [5, 5.41) is 13.4. The molecule has 1 atom stereocenters. The van der Waals surface area contributed by atoms with Crippen LogP contribution in [0.3, 0.4) is 0 Å². The SMILES string of the molecule is CC(C)c1ccc(/C=N\N=C2/NC(=O)[C@H](CC(=O)Nc3ccccc3)S2)cc1. The highest BCUT2D eigenvalue weighted by atomic mass is 32.2. The second-order valence-electron chi connectivity index (χ2n) is 6.69. The highest BCUT2D eigenvalue weighted by Crippen LogP contribution is 2.23. The Kier molecular flexibility index (Phi) is 6.60. The molecule has 2 N–H and O–H groups in total. The molecule has 2 aromatic carbocycles. The van der Waals surface area contributed by atoms with Crippen LogP contribution in [0.5, 0.6) is 0 Å². The van der Waals surface area contributed by atoms with Crippen LogP contribution in [0.1, 0.15) is 37.3 Å². The molecular formula is C21H22N4O2S. The number of rotatable bonds is 6. The summed E-state index contributed by atoms with van der Waals surface area (Å²) in [6, 6.07) is 17.2. The van der Waals surface area contributed by atoms with Crippen molar-refractivity contribution in [2.45, 2.75) is 31.4 Å². The van der Waals surface area contributed by atoms with Gasteiger partial charge in [0.05, 0.1) is 6.21 Å². The van der Waals surface area contributed by atoms with E-state index in [4.69, 9.17) is 0 Å². The van der Waals surface area contributed by atoms with Gasteiger partial charge in [0.25, 0.3) is 0 Å². The first-order valence-electron chi connectivity index (χ1n) is 9.04. The third-order valence-corrected chi connectivity index (χ3v) is 5.24. The molecule has 1 aliphatic heterocycles. The predicted octanol–water partition coefficient (Wildman–Crippen LogP) is 3.76. The molecule has 1 fully saturated rings. The molecule has 2 aromatic rings. The van der Waals surface area contributed by atoms with Crippen LogP contribution in [-0.2, 0) is 9.59 Å². The van der Waals surface area contributed by atoms with E-state index in [9.17, 15) is 9.59 Å². The topological polar surface area (TPSA) is 82.9 Å². The van der Waals surface area contributed by atoms with Crippen molar-refractivity contribution in [2.24, 2.45) is 10.2 Å². The Morgan fingerprint density at radius 3 is 2.57 bits per heavy atom. The maximum absolute atomic E-state index is 12.1. The summed E-state index contributed by atoms with van der Waals surface area (Å²) in [6.07, 6.45) is 1.71. The number of thioether (sulfide) groups is 1. The summed E-state index contributed by atoms with van der Waals surface area (Å²) in [5.74, 6) is 0.0321. The summed E-state index contributed by atoms with van der Waals surface area (Å²) < 4.78 is 0. The van der Waals surface area contributed by atoms with E-state index in [1.165, 1.54) is 17.3 Å². The van der Waals surface area contributed by atoms with Gasteiger partial charge >= 0.3 is 0 Å². The van der Waals surface area contributed by atoms with Crippen molar-refractivity contribution >= 4 is 40.6 Å². The number of carbonyl (C=O) groups excluding carboxylic acids is 2. The fourth-order valence-corrected chi connectivity index (χ4v) is 3.53. The Morgan fingerprint density at radius 1 is 1.18 bits per heavy atom. The fraction of sp³-hybridized carbons (Fsp3) is 0.238. The quantitative estimate of drug-likeness (QED) is 0.578. The highest BCUT2D eigenvalue weighted by molar-refractivity contribution is 8.15. The van der Waals surface area contributed by atoms with E-state index in [1.54, 1.807) is 18.3 Å². The van der Waals surface area contributed by atoms with E-state index in [-0.39, 0.29) is 18.2 Å². The van der Waals surface area contributed by atoms with Crippen LogP contribution in [0.4, 0.5) is 5.69 Å². The van der Waals surface area contributed by atoms with Gasteiger partial charge in [-0.15, -0.1) is 5.10 Å². The van der Waals surface area contributed by atoms with Gasteiger partial charge in [0, 0.05) is 12.1 Å². The van der Waals surface area contributed by atoms with Gasteiger partial charge in [-0.05, 0) is 29.2 Å². The van der Waals surface area contributed by atoms with Crippen molar-refractivity contribution < 1.29 is 9.59 Å². The summed E-state index contributed by atoms with van der Waals surface area (Å²) in [6.45, 7) is 4.29. The molecule has 1 aliphatic rings. The van der Waals surface area contributed by atoms with E-state index >= 15 is 0 Å². The molecule has 0 saturated carbocycles. The number of amides is 2. The van der Waals surface area contributed by atoms with Gasteiger partial charge < -0.3 is 10.6 Å². The molecular weight excluding hydrogens is 372 g/mol. The fourth-order valence-electron chi connectivity index (χ4n) is 2.60. The molecule has 0 bridgehead atoms. The largest absolute Gasteiger partial charge is 0.326 e. The third-order valence-electron chi connectivity index (χ3n) is 4.16. The van der Waals surface area contributed by atoms with Crippen molar-refractivity contribution in [3.05, 3.63) is 65.7 Å². The summed E-state index contributed by atoms with van der Waals surface area (Å²) >= 11 is 1.21. The van der Waals surface area contributed by atoms with Crippen molar-refractivity contribution in [3.63, 3.8) is 0 Å². The number of carbonyl (C=O) groups is 2. The summed E-state index contributed by atoms with van der Waals surface area (Å²) in [5.41, 5.74) is 2.90. The Morgan fingerprint density at radius 2 is 1.89 bits per heavy atom. The predicted molar refractivity (Wildman–Crippen MR) is 115 cm³/mol. The van der Waals surface area contributed by atoms with E-state index in [0.29, 0.717) is 16.8 Å². The summed E-state index contributed by atoms with van der Waals surface area (Å²) in [4.78, 5) is 24.2. The van der Waals surface area contributed by atoms with Gasteiger partial charge in [-0.25, -0.2) is 0 Å². The van der Waals surface area contributed by atoms with E-state index < -0.39 is 5.25 Å². The molecule has 6 nitrogen and oxygen atoms in total. The minimum absolute atomic E-state index is 0.0742. The number of amidine groups is 1. The number of benzene rings is 2. The minimum atomic E-state index is -0.511. The first-order chi connectivity index (χ1) is 13.5. The molecule has 0 radical (unpaired) electrons. The van der Waals surface area contributed by atoms with Crippen LogP contribution in [-0.4, -0.2) is 28.4 Å². The maximum atomic E-state index is 12.1.